The van der Waals surface area contributed by atoms with Gasteiger partial charge in [-0.05, 0) is 45.2 Å². The molecule has 2 aromatic heterocycles. The van der Waals surface area contributed by atoms with Crippen molar-refractivity contribution in [2.75, 3.05) is 11.9 Å². The van der Waals surface area contributed by atoms with Gasteiger partial charge in [0.05, 0.1) is 30.3 Å². The fraction of sp³-hybridized carbons (Fsp3) is 0.435. The van der Waals surface area contributed by atoms with Gasteiger partial charge in [0, 0.05) is 41.0 Å². The van der Waals surface area contributed by atoms with E-state index >= 15 is 4.39 Å². The minimum absolute atomic E-state index is 0.0936. The Hall–Kier alpha value is -3.07. The number of H-pyrrole nitrogens is 1. The molecule has 2 aliphatic rings. The van der Waals surface area contributed by atoms with Crippen LogP contribution in [0, 0.1) is 5.82 Å². The zero-order valence-electron chi connectivity index (χ0n) is 18.2. The second kappa shape index (κ2) is 7.23. The predicted molar refractivity (Wildman–Crippen MR) is 118 cm³/mol. The fourth-order valence-corrected chi connectivity index (χ4v) is 5.23. The summed E-state index contributed by atoms with van der Waals surface area (Å²) in [7, 11) is 1.83. The molecule has 2 saturated heterocycles. The molecule has 3 N–H and O–H groups in total. The van der Waals surface area contributed by atoms with Crippen LogP contribution >= 0.6 is 0 Å². The van der Waals surface area contributed by atoms with Crippen molar-refractivity contribution in [2.24, 2.45) is 0 Å². The molecule has 0 radical (unpaired) electrons. The van der Waals surface area contributed by atoms with E-state index in [1.165, 1.54) is 30.7 Å². The van der Waals surface area contributed by atoms with Crippen molar-refractivity contribution in [3.05, 3.63) is 42.7 Å². The molecule has 3 aromatic rings. The maximum absolute atomic E-state index is 15.4. The molecule has 9 heteroatoms. The molecular formula is C23H26F2N6O. The minimum Gasteiger partial charge on any atom is -0.507 e. The zero-order chi connectivity index (χ0) is 22.7. The van der Waals surface area contributed by atoms with E-state index < -0.39 is 17.5 Å². The lowest BCUT2D eigenvalue weighted by molar-refractivity contribution is 0.0859. The molecule has 0 spiro atoms. The van der Waals surface area contributed by atoms with Crippen LogP contribution in [0.4, 0.5) is 14.6 Å². The number of alkyl halides is 1. The Balaban J connectivity index is 1.41. The van der Waals surface area contributed by atoms with E-state index in [1.54, 1.807) is 6.20 Å². The third-order valence-corrected chi connectivity index (χ3v) is 7.06. The molecule has 2 aliphatic heterocycles. The van der Waals surface area contributed by atoms with E-state index in [0.717, 1.165) is 12.8 Å². The molecule has 0 saturated carbocycles. The van der Waals surface area contributed by atoms with E-state index in [4.69, 9.17) is 0 Å². The zero-order valence-corrected chi connectivity index (χ0v) is 18.2. The van der Waals surface area contributed by atoms with Gasteiger partial charge in [0.1, 0.15) is 23.6 Å². The van der Waals surface area contributed by atoms with Crippen LogP contribution in [0.25, 0.3) is 22.4 Å². The van der Waals surface area contributed by atoms with E-state index in [-0.39, 0.29) is 28.5 Å². The molecular weight excluding hydrogens is 414 g/mol. The van der Waals surface area contributed by atoms with Crippen molar-refractivity contribution in [3.8, 4) is 28.1 Å². The molecule has 4 atom stereocenters. The van der Waals surface area contributed by atoms with Gasteiger partial charge in [-0.25, -0.2) is 13.8 Å². The molecule has 2 fully saturated rings. The number of piperidine rings is 1. The van der Waals surface area contributed by atoms with Crippen molar-refractivity contribution in [3.63, 3.8) is 0 Å². The largest absolute Gasteiger partial charge is 0.507 e. The lowest BCUT2D eigenvalue weighted by atomic mass is 9.82. The van der Waals surface area contributed by atoms with Gasteiger partial charge in [-0.3, -0.25) is 10.1 Å². The maximum Gasteiger partial charge on any atom is 0.147 e. The van der Waals surface area contributed by atoms with E-state index in [0.29, 0.717) is 23.5 Å². The fourth-order valence-electron chi connectivity index (χ4n) is 5.23. The lowest BCUT2D eigenvalue weighted by Gasteiger charge is -2.47. The number of hydrogen-bond donors (Lipinski definition) is 3. The van der Waals surface area contributed by atoms with Gasteiger partial charge in [0.25, 0.3) is 0 Å². The van der Waals surface area contributed by atoms with Crippen molar-refractivity contribution < 1.29 is 13.9 Å². The molecule has 0 amide bonds. The van der Waals surface area contributed by atoms with Crippen LogP contribution < -0.4 is 10.2 Å². The van der Waals surface area contributed by atoms with Crippen LogP contribution in [0.1, 0.15) is 33.1 Å². The van der Waals surface area contributed by atoms with Crippen molar-refractivity contribution in [2.45, 2.75) is 56.4 Å². The van der Waals surface area contributed by atoms with Crippen LogP contribution in [0.3, 0.4) is 0 Å². The van der Waals surface area contributed by atoms with E-state index in [1.807, 2.05) is 18.9 Å². The SMILES string of the molecule is CN(c1cnc(-c2cc(F)c(-c3cn[nH]c3)cc2O)cn1)[C@H]1C[C@]2(C)CC[C@@](C)(N2)[C@H]1F. The van der Waals surface area contributed by atoms with Gasteiger partial charge in [0.2, 0.25) is 0 Å². The summed E-state index contributed by atoms with van der Waals surface area (Å²) in [4.78, 5) is 10.7. The molecule has 4 heterocycles. The van der Waals surface area contributed by atoms with Crippen LogP contribution in [-0.4, -0.2) is 55.6 Å². The topological polar surface area (TPSA) is 90.0 Å². The van der Waals surface area contributed by atoms with Crippen molar-refractivity contribution >= 4 is 5.82 Å². The van der Waals surface area contributed by atoms with Crippen LogP contribution in [0.5, 0.6) is 5.75 Å². The number of anilines is 1. The standard InChI is InChI=1S/C23H26F2N6O/c1-22-4-5-23(2,30-22)21(25)18(8-22)31(3)20-12-26-17(11-27-20)15-6-16(24)14(7-19(15)32)13-9-28-29-10-13/h6-7,9-12,18,21,30,32H,4-5,8H2,1-3H3,(H,28,29)/t18-,21-,22-,23+/m0/s1. The molecule has 5 rings (SSSR count). The number of halogens is 2. The second-order valence-electron chi connectivity index (χ2n) is 9.48. The number of hydrogen-bond acceptors (Lipinski definition) is 6. The van der Waals surface area contributed by atoms with Gasteiger partial charge < -0.3 is 15.3 Å². The Morgan fingerprint density at radius 3 is 2.62 bits per heavy atom. The summed E-state index contributed by atoms with van der Waals surface area (Å²) in [6.07, 6.45) is 7.42. The average molecular weight is 440 g/mol. The van der Waals surface area contributed by atoms with Gasteiger partial charge in [0.15, 0.2) is 0 Å². The van der Waals surface area contributed by atoms with Crippen molar-refractivity contribution in [1.29, 1.82) is 0 Å². The molecule has 7 nitrogen and oxygen atoms in total. The summed E-state index contributed by atoms with van der Waals surface area (Å²) < 4.78 is 30.1. The molecule has 168 valence electrons. The first-order chi connectivity index (χ1) is 15.2. The van der Waals surface area contributed by atoms with Crippen LogP contribution in [0.2, 0.25) is 0 Å². The summed E-state index contributed by atoms with van der Waals surface area (Å²) >= 11 is 0. The first-order valence-electron chi connectivity index (χ1n) is 10.7. The molecule has 2 bridgehead atoms. The molecule has 1 aromatic carbocycles. The average Bonchev–Trinajstić information content (AvgIpc) is 3.39. The molecule has 0 unspecified atom stereocenters. The first-order valence-corrected chi connectivity index (χ1v) is 10.7. The number of benzene rings is 1. The Morgan fingerprint density at radius 2 is 1.94 bits per heavy atom. The number of phenols is 1. The monoisotopic (exact) mass is 440 g/mol. The van der Waals surface area contributed by atoms with Gasteiger partial charge in [-0.1, -0.05) is 0 Å². The number of aromatic amines is 1. The summed E-state index contributed by atoms with van der Waals surface area (Å²) in [5, 5.41) is 20.4. The number of aromatic hydroxyl groups is 1. The van der Waals surface area contributed by atoms with E-state index in [9.17, 15) is 9.50 Å². The second-order valence-corrected chi connectivity index (χ2v) is 9.48. The number of nitrogens with zero attached hydrogens (tertiary/aromatic N) is 4. The van der Waals surface area contributed by atoms with Gasteiger partial charge in [-0.2, -0.15) is 5.10 Å². The highest BCUT2D eigenvalue weighted by Gasteiger charge is 2.56. The van der Waals surface area contributed by atoms with Gasteiger partial charge in [-0.15, -0.1) is 0 Å². The summed E-state index contributed by atoms with van der Waals surface area (Å²) in [6, 6.07) is 2.25. The third kappa shape index (κ3) is 3.31. The Bertz CT molecular complexity index is 1140. The molecule has 32 heavy (non-hydrogen) atoms. The highest BCUT2D eigenvalue weighted by Crippen LogP contribution is 2.45. The lowest BCUT2D eigenvalue weighted by Crippen LogP contribution is -2.65. The number of rotatable bonds is 4. The Morgan fingerprint density at radius 1 is 1.12 bits per heavy atom. The van der Waals surface area contributed by atoms with E-state index in [2.05, 4.69) is 32.4 Å². The minimum atomic E-state index is -1.04. The molecule has 0 aliphatic carbocycles. The predicted octanol–water partition coefficient (Wildman–Crippen LogP) is 3.83. The third-order valence-electron chi connectivity index (χ3n) is 7.06. The first kappa shape index (κ1) is 20.8. The van der Waals surface area contributed by atoms with Crippen molar-refractivity contribution in [1.82, 2.24) is 25.5 Å². The smallest absolute Gasteiger partial charge is 0.147 e. The summed E-state index contributed by atoms with van der Waals surface area (Å²) in [5.41, 5.74) is 0.703. The highest BCUT2D eigenvalue weighted by atomic mass is 19.1. The van der Waals surface area contributed by atoms with Crippen LogP contribution in [0.15, 0.2) is 36.9 Å². The Kier molecular flexibility index (Phi) is 4.70. The number of fused-ring (bicyclic) bond motifs is 2. The Labute approximate surface area is 184 Å². The number of nitrogens with one attached hydrogen (secondary N) is 2. The quantitative estimate of drug-likeness (QED) is 0.571. The van der Waals surface area contributed by atoms with Gasteiger partial charge >= 0.3 is 0 Å². The maximum atomic E-state index is 15.4. The number of phenolic OH excluding ortho intramolecular Hbond substituents is 1. The summed E-state index contributed by atoms with van der Waals surface area (Å²) in [5.74, 6) is -0.0865. The normalized spacial score (nSPS) is 29.3. The number of aromatic nitrogens is 4. The highest BCUT2D eigenvalue weighted by molar-refractivity contribution is 5.74. The summed E-state index contributed by atoms with van der Waals surface area (Å²) in [6.45, 7) is 4.09. The van der Waals surface area contributed by atoms with Crippen LogP contribution in [-0.2, 0) is 0 Å².